The van der Waals surface area contributed by atoms with Crippen molar-refractivity contribution in [2.45, 2.75) is 149 Å². The summed E-state index contributed by atoms with van der Waals surface area (Å²) in [5.74, 6) is 1.30. The highest BCUT2D eigenvalue weighted by atomic mass is 32.2. The van der Waals surface area contributed by atoms with Gasteiger partial charge in [-0.15, -0.1) is 0 Å². The zero-order valence-corrected chi connectivity index (χ0v) is 39.2. The van der Waals surface area contributed by atoms with Gasteiger partial charge in [-0.1, -0.05) is 91.2 Å². The lowest BCUT2D eigenvalue weighted by atomic mass is 9.34. The Morgan fingerprint density at radius 3 is 2.29 bits per heavy atom. The van der Waals surface area contributed by atoms with Crippen LogP contribution in [0.5, 0.6) is 0 Å². The predicted molar refractivity (Wildman–Crippen MR) is 231 cm³/mol. The molecule has 2 saturated heterocycles. The number of benzene rings is 1. The highest BCUT2D eigenvalue weighted by Crippen LogP contribution is 2.75. The molecule has 4 aliphatic carbocycles. The average Bonchev–Trinajstić information content (AvgIpc) is 3.20. The van der Waals surface area contributed by atoms with Crippen LogP contribution in [-0.4, -0.2) is 90.2 Å². The lowest BCUT2D eigenvalue weighted by molar-refractivity contribution is -0.271. The van der Waals surface area contributed by atoms with Crippen LogP contribution in [0.15, 0.2) is 40.8 Å². The van der Waals surface area contributed by atoms with Crippen LogP contribution >= 0.6 is 0 Å². The molecule has 0 N–H and O–H groups in total. The van der Waals surface area contributed by atoms with E-state index in [4.69, 9.17) is 23.7 Å². The third-order valence-electron chi connectivity index (χ3n) is 18.4. The van der Waals surface area contributed by atoms with Crippen LogP contribution in [0.2, 0.25) is 0 Å². The molecule has 0 amide bonds. The van der Waals surface area contributed by atoms with E-state index in [2.05, 4.69) is 61.5 Å². The van der Waals surface area contributed by atoms with Gasteiger partial charge in [0.05, 0.1) is 55.0 Å². The maximum atomic E-state index is 14.6. The first-order valence-corrected chi connectivity index (χ1v) is 24.5. The highest BCUT2D eigenvalue weighted by molar-refractivity contribution is 7.89. The van der Waals surface area contributed by atoms with Crippen LogP contribution in [0.1, 0.15) is 125 Å². The van der Waals surface area contributed by atoms with Gasteiger partial charge in [0.2, 0.25) is 10.0 Å². The first-order valence-electron chi connectivity index (χ1n) is 23.0. The van der Waals surface area contributed by atoms with Gasteiger partial charge in [-0.2, -0.15) is 4.31 Å². The number of carbonyl (C=O) groups is 1. The highest BCUT2D eigenvalue weighted by Gasteiger charge is 2.72. The fraction of sp³-hybridized carbons (Fsp3) is 0.816. The molecule has 5 fully saturated rings. The summed E-state index contributed by atoms with van der Waals surface area (Å²) in [5.41, 5.74) is 0.722. The molecule has 59 heavy (non-hydrogen) atoms. The third kappa shape index (κ3) is 7.03. The number of aryl methyl sites for hydroxylation is 1. The van der Waals surface area contributed by atoms with Gasteiger partial charge >= 0.3 is 5.97 Å². The Kier molecular flexibility index (Phi) is 12.6. The van der Waals surface area contributed by atoms with Crippen LogP contribution in [-0.2, 0) is 38.5 Å². The fourth-order valence-electron chi connectivity index (χ4n) is 14.1. The smallest absolute Gasteiger partial charge is 0.310 e. The second kappa shape index (κ2) is 16.4. The number of ether oxygens (including phenoxy) is 5. The van der Waals surface area contributed by atoms with E-state index in [0.29, 0.717) is 74.4 Å². The molecule has 332 valence electrons. The Bertz CT molecular complexity index is 1820. The number of carbonyl (C=O) groups excluding carboxylic acids is 1. The van der Waals surface area contributed by atoms with Gasteiger partial charge in [0.25, 0.3) is 0 Å². The first kappa shape index (κ1) is 45.2. The van der Waals surface area contributed by atoms with Crippen molar-refractivity contribution in [1.29, 1.82) is 0 Å². The van der Waals surface area contributed by atoms with E-state index in [0.717, 1.165) is 56.9 Å². The Hall–Kier alpha value is -1.82. The molecule has 2 heterocycles. The predicted octanol–water partition coefficient (Wildman–Crippen LogP) is 9.41. The maximum absolute atomic E-state index is 14.6. The minimum atomic E-state index is -3.80. The number of likely N-dealkylation sites (N-methyl/N-ethyl adjacent to an activating group) is 1. The van der Waals surface area contributed by atoms with Crippen molar-refractivity contribution in [3.05, 3.63) is 41.5 Å². The SMILES string of the molecule is CCCCOC(=O)[C@@H]1[C@@](C)([C@H](C)C(C)C)CC[C@]2(C)[C@H]3CC[C@@H]4[C@@]5(COC[C@]4(C)[C@@H](OCC4(N(C)S(=O)(=O)c6ccc(C)cc6)CCOCC4)[C@H](OC)C5)C3=CC[C@@]12C. The average molecular weight is 840 g/mol. The molecular formula is C49H77NO8S. The molecule has 11 atom stereocenters. The van der Waals surface area contributed by atoms with Gasteiger partial charge in [0, 0.05) is 38.2 Å². The van der Waals surface area contributed by atoms with E-state index in [1.807, 2.05) is 26.2 Å². The van der Waals surface area contributed by atoms with Crippen molar-refractivity contribution in [2.75, 3.05) is 53.8 Å². The van der Waals surface area contributed by atoms with Crippen LogP contribution in [0, 0.1) is 63.6 Å². The van der Waals surface area contributed by atoms with E-state index in [9.17, 15) is 13.2 Å². The Morgan fingerprint density at radius 2 is 1.64 bits per heavy atom. The van der Waals surface area contributed by atoms with Crippen LogP contribution < -0.4 is 0 Å². The second-order valence-electron chi connectivity index (χ2n) is 21.4. The minimum absolute atomic E-state index is 0.0101. The largest absolute Gasteiger partial charge is 0.465 e. The summed E-state index contributed by atoms with van der Waals surface area (Å²) in [4.78, 5) is 14.9. The van der Waals surface area contributed by atoms with Crippen LogP contribution in [0.4, 0.5) is 0 Å². The molecule has 0 unspecified atom stereocenters. The Balaban J connectivity index is 1.21. The van der Waals surface area contributed by atoms with Crippen molar-refractivity contribution in [2.24, 2.45) is 56.7 Å². The summed E-state index contributed by atoms with van der Waals surface area (Å²) in [6, 6.07) is 7.11. The Morgan fingerprint density at radius 1 is 0.949 bits per heavy atom. The zero-order valence-electron chi connectivity index (χ0n) is 38.4. The molecule has 0 radical (unpaired) electrons. The maximum Gasteiger partial charge on any atom is 0.310 e. The third-order valence-corrected chi connectivity index (χ3v) is 20.4. The first-order chi connectivity index (χ1) is 27.8. The van der Waals surface area contributed by atoms with Gasteiger partial charge in [-0.05, 0) is 117 Å². The summed E-state index contributed by atoms with van der Waals surface area (Å²) >= 11 is 0. The number of hydrogen-bond acceptors (Lipinski definition) is 8. The van der Waals surface area contributed by atoms with E-state index in [-0.39, 0.29) is 57.8 Å². The molecule has 2 bridgehead atoms. The van der Waals surface area contributed by atoms with Gasteiger partial charge in [0.15, 0.2) is 0 Å². The number of unbranched alkanes of at least 4 members (excludes halogenated alkanes) is 1. The van der Waals surface area contributed by atoms with Crippen LogP contribution in [0.25, 0.3) is 0 Å². The number of hydrogen-bond donors (Lipinski definition) is 0. The fourth-order valence-corrected chi connectivity index (χ4v) is 15.7. The van der Waals surface area contributed by atoms with E-state index in [1.54, 1.807) is 23.5 Å². The number of fused-ring (bicyclic) bond motifs is 3. The summed E-state index contributed by atoms with van der Waals surface area (Å²) < 4.78 is 62.5. The molecule has 6 aliphatic rings. The van der Waals surface area contributed by atoms with Gasteiger partial charge in [-0.3, -0.25) is 4.79 Å². The molecule has 2 aliphatic heterocycles. The molecule has 0 spiro atoms. The molecule has 9 nitrogen and oxygen atoms in total. The van der Waals surface area contributed by atoms with Gasteiger partial charge in [-0.25, -0.2) is 8.42 Å². The van der Waals surface area contributed by atoms with Crippen molar-refractivity contribution in [3.63, 3.8) is 0 Å². The van der Waals surface area contributed by atoms with Crippen molar-refractivity contribution in [1.82, 2.24) is 4.31 Å². The normalized spacial score (nSPS) is 39.7. The quantitative estimate of drug-likeness (QED) is 0.110. The standard InChI is InChI=1S/C49H77NO8S/c1-12-13-26-57-43(51)41-44(6,35(5)33(2)3)22-23-46(8)37-18-19-40-45(7)30-56-32-49(40,38(37)20-21-47(41,46)9)29-39(54-11)42(45)58-31-48(24-27-55-28-25-48)50(10)59(52,53)36-16-14-34(4)15-17-36/h14-17,20,33,35,37,39-42H,12-13,18-19,21-32H2,1-11H3/t35-,37+,39-,40+,41-,42+,44-,45+,46-,47+,49+/m1/s1. The van der Waals surface area contributed by atoms with E-state index in [1.165, 1.54) is 5.57 Å². The van der Waals surface area contributed by atoms with Crippen molar-refractivity contribution >= 4 is 16.0 Å². The lowest BCUT2D eigenvalue weighted by Crippen LogP contribution is -2.70. The van der Waals surface area contributed by atoms with Crippen LogP contribution in [0.3, 0.4) is 0 Å². The molecule has 10 heteroatoms. The van der Waals surface area contributed by atoms with E-state index >= 15 is 0 Å². The molecule has 0 aromatic heterocycles. The summed E-state index contributed by atoms with van der Waals surface area (Å²) in [5, 5.41) is 0. The molecular weight excluding hydrogens is 763 g/mol. The van der Waals surface area contributed by atoms with Gasteiger partial charge < -0.3 is 23.7 Å². The molecule has 7 rings (SSSR count). The number of sulfonamides is 1. The second-order valence-corrected chi connectivity index (χ2v) is 23.3. The number of methoxy groups -OCH3 is 1. The molecule has 1 aromatic rings. The monoisotopic (exact) mass is 840 g/mol. The molecule has 1 aromatic carbocycles. The number of esters is 1. The van der Waals surface area contributed by atoms with Gasteiger partial charge in [0.1, 0.15) is 0 Å². The summed E-state index contributed by atoms with van der Waals surface area (Å²) in [6.45, 7) is 23.7. The summed E-state index contributed by atoms with van der Waals surface area (Å²) in [7, 11) is -0.267. The lowest BCUT2D eigenvalue weighted by Gasteiger charge is -2.71. The van der Waals surface area contributed by atoms with E-state index < -0.39 is 15.6 Å². The minimum Gasteiger partial charge on any atom is -0.465 e. The number of nitrogens with zero attached hydrogens (tertiary/aromatic N) is 1. The summed E-state index contributed by atoms with van der Waals surface area (Å²) in [6.07, 6.45) is 10.9. The zero-order chi connectivity index (χ0) is 42.8. The number of allylic oxidation sites excluding steroid dienone is 1. The van der Waals surface area contributed by atoms with Crippen molar-refractivity contribution in [3.8, 4) is 0 Å². The number of rotatable bonds is 13. The molecule has 3 saturated carbocycles. The Labute approximate surface area is 357 Å². The van der Waals surface area contributed by atoms with Crippen molar-refractivity contribution < 1.29 is 36.9 Å². The topological polar surface area (TPSA) is 101 Å².